The van der Waals surface area contributed by atoms with E-state index in [4.69, 9.17) is 11.6 Å². The average Bonchev–Trinajstić information content (AvgIpc) is 2.10. The maximum absolute atomic E-state index is 5.00. The van der Waals surface area contributed by atoms with Gasteiger partial charge in [-0.1, -0.05) is 33.3 Å². The summed E-state index contributed by atoms with van der Waals surface area (Å²) in [7, 11) is 0. The zero-order valence-electron chi connectivity index (χ0n) is 8.13. The summed E-state index contributed by atoms with van der Waals surface area (Å²) >= 11 is 5.00. The Labute approximate surface area is 80.8 Å². The second-order valence-electron chi connectivity index (χ2n) is 2.00. The van der Waals surface area contributed by atoms with Crippen LogP contribution in [0.3, 0.4) is 0 Å². The Morgan fingerprint density at radius 1 is 1.00 bits per heavy atom. The number of hydrogen-bond donors (Lipinski definition) is 0. The topological polar surface area (TPSA) is 12.9 Å². The number of pyridine rings is 1. The van der Waals surface area contributed by atoms with Crippen molar-refractivity contribution >= 4 is 11.6 Å². The second kappa shape index (κ2) is 16.8. The molecule has 1 heterocycles. The van der Waals surface area contributed by atoms with Crippen molar-refractivity contribution in [1.29, 1.82) is 0 Å². The van der Waals surface area contributed by atoms with Gasteiger partial charge < -0.3 is 0 Å². The van der Waals surface area contributed by atoms with Gasteiger partial charge in [0.25, 0.3) is 0 Å². The SMILES string of the molecule is CCC.CCCl.c1ccncc1. The summed E-state index contributed by atoms with van der Waals surface area (Å²) in [6, 6.07) is 5.72. The Morgan fingerprint density at radius 2 is 1.33 bits per heavy atom. The van der Waals surface area contributed by atoms with Crippen molar-refractivity contribution in [1.82, 2.24) is 4.98 Å². The number of aromatic nitrogens is 1. The molecule has 0 aliphatic carbocycles. The fraction of sp³-hybridized carbons (Fsp3) is 0.500. The highest BCUT2D eigenvalue weighted by atomic mass is 35.5. The number of hydrogen-bond acceptors (Lipinski definition) is 1. The average molecular weight is 188 g/mol. The molecule has 1 rings (SSSR count). The van der Waals surface area contributed by atoms with Gasteiger partial charge in [-0.05, 0) is 12.1 Å². The fourth-order valence-electron chi connectivity index (χ4n) is 0.313. The second-order valence-corrected chi connectivity index (χ2v) is 2.53. The molecule has 0 radical (unpaired) electrons. The van der Waals surface area contributed by atoms with Crippen LogP contribution in [0.5, 0.6) is 0 Å². The molecule has 0 N–H and O–H groups in total. The first-order chi connectivity index (χ1) is 5.83. The van der Waals surface area contributed by atoms with Crippen molar-refractivity contribution in [3.63, 3.8) is 0 Å². The van der Waals surface area contributed by atoms with Gasteiger partial charge in [0.1, 0.15) is 0 Å². The zero-order valence-corrected chi connectivity index (χ0v) is 8.88. The molecule has 0 aromatic carbocycles. The Bertz CT molecular complexity index is 102. The summed E-state index contributed by atoms with van der Waals surface area (Å²) in [4.78, 5) is 3.78. The van der Waals surface area contributed by atoms with E-state index in [0.29, 0.717) is 0 Å². The van der Waals surface area contributed by atoms with E-state index in [2.05, 4.69) is 18.8 Å². The quantitative estimate of drug-likeness (QED) is 0.564. The standard InChI is InChI=1S/C5H5N.C3H8.C2H5Cl/c1-2-4-6-5-3-1;1-3-2;1-2-3/h1-5H;3H2,1-2H3;2H2,1H3. The van der Waals surface area contributed by atoms with Crippen molar-refractivity contribution < 1.29 is 0 Å². The molecule has 0 spiro atoms. The normalized spacial score (nSPS) is 7.00. The molecular formula is C10H18ClN. The monoisotopic (exact) mass is 187 g/mol. The molecule has 0 amide bonds. The third-order valence-electron chi connectivity index (χ3n) is 0.566. The van der Waals surface area contributed by atoms with E-state index in [1.54, 1.807) is 12.4 Å². The number of halogens is 1. The van der Waals surface area contributed by atoms with Crippen LogP contribution in [0, 0.1) is 0 Å². The van der Waals surface area contributed by atoms with Gasteiger partial charge in [0, 0.05) is 18.3 Å². The molecule has 0 saturated carbocycles. The van der Waals surface area contributed by atoms with E-state index in [9.17, 15) is 0 Å². The highest BCUT2D eigenvalue weighted by Crippen LogP contribution is 1.73. The molecule has 1 aromatic heterocycles. The molecule has 0 aliphatic rings. The molecule has 1 aromatic rings. The minimum atomic E-state index is 0.722. The number of alkyl halides is 1. The Kier molecular flexibility index (Phi) is 19.6. The lowest BCUT2D eigenvalue weighted by Gasteiger charge is -1.70. The molecule has 70 valence electrons. The van der Waals surface area contributed by atoms with Crippen LogP contribution in [0.15, 0.2) is 30.6 Å². The lowest BCUT2D eigenvalue weighted by atomic mass is 10.5. The first-order valence-electron chi connectivity index (χ1n) is 4.24. The maximum Gasteiger partial charge on any atom is 0.0267 e. The first kappa shape index (κ1) is 14.0. The van der Waals surface area contributed by atoms with Crippen LogP contribution in [0.4, 0.5) is 0 Å². The zero-order chi connectivity index (χ0) is 9.66. The molecule has 0 fully saturated rings. The molecule has 0 unspecified atom stereocenters. The smallest absolute Gasteiger partial charge is 0.0267 e. The van der Waals surface area contributed by atoms with E-state index in [1.807, 2.05) is 25.1 Å². The Balaban J connectivity index is 0. The predicted molar refractivity (Wildman–Crippen MR) is 56.6 cm³/mol. The van der Waals surface area contributed by atoms with Crippen LogP contribution in [0.2, 0.25) is 0 Å². The highest BCUT2D eigenvalue weighted by molar-refractivity contribution is 6.17. The summed E-state index contributed by atoms with van der Waals surface area (Å²) in [5, 5.41) is 0. The molecule has 2 heteroatoms. The van der Waals surface area contributed by atoms with Gasteiger partial charge in [-0.3, -0.25) is 4.98 Å². The molecule has 0 bridgehead atoms. The van der Waals surface area contributed by atoms with E-state index in [0.717, 1.165) is 5.88 Å². The van der Waals surface area contributed by atoms with Crippen LogP contribution in [-0.2, 0) is 0 Å². The number of rotatable bonds is 0. The van der Waals surface area contributed by atoms with Crippen LogP contribution in [0.25, 0.3) is 0 Å². The van der Waals surface area contributed by atoms with Gasteiger partial charge in [-0.2, -0.15) is 0 Å². The third kappa shape index (κ3) is 22.7. The summed E-state index contributed by atoms with van der Waals surface area (Å²) in [5.74, 6) is 0.722. The van der Waals surface area contributed by atoms with Gasteiger partial charge in [0.05, 0.1) is 0 Å². The summed E-state index contributed by atoms with van der Waals surface area (Å²) in [6.45, 7) is 6.14. The minimum absolute atomic E-state index is 0.722. The van der Waals surface area contributed by atoms with Crippen LogP contribution in [0.1, 0.15) is 27.2 Å². The van der Waals surface area contributed by atoms with Gasteiger partial charge in [-0.25, -0.2) is 0 Å². The molecule has 1 nitrogen and oxygen atoms in total. The lowest BCUT2D eigenvalue weighted by Crippen LogP contribution is -1.58. The molecule has 12 heavy (non-hydrogen) atoms. The van der Waals surface area contributed by atoms with Gasteiger partial charge in [0.2, 0.25) is 0 Å². The summed E-state index contributed by atoms with van der Waals surface area (Å²) in [6.07, 6.45) is 4.75. The summed E-state index contributed by atoms with van der Waals surface area (Å²) < 4.78 is 0. The van der Waals surface area contributed by atoms with E-state index < -0.39 is 0 Å². The lowest BCUT2D eigenvalue weighted by molar-refractivity contribution is 1.09. The van der Waals surface area contributed by atoms with Crippen molar-refractivity contribution in [2.75, 3.05) is 5.88 Å². The van der Waals surface area contributed by atoms with Crippen molar-refractivity contribution in [3.05, 3.63) is 30.6 Å². The van der Waals surface area contributed by atoms with Gasteiger partial charge in [-0.15, -0.1) is 11.6 Å². The van der Waals surface area contributed by atoms with Gasteiger partial charge in [0.15, 0.2) is 0 Å². The van der Waals surface area contributed by atoms with E-state index in [-0.39, 0.29) is 0 Å². The predicted octanol–water partition coefficient (Wildman–Crippen LogP) is 3.74. The highest BCUT2D eigenvalue weighted by Gasteiger charge is 1.58. The number of nitrogens with zero attached hydrogens (tertiary/aromatic N) is 1. The molecule has 0 aliphatic heterocycles. The molecule has 0 atom stereocenters. The largest absolute Gasteiger partial charge is 0.265 e. The van der Waals surface area contributed by atoms with Crippen LogP contribution in [-0.4, -0.2) is 10.9 Å². The third-order valence-corrected chi connectivity index (χ3v) is 0.566. The van der Waals surface area contributed by atoms with E-state index >= 15 is 0 Å². The Morgan fingerprint density at radius 3 is 1.42 bits per heavy atom. The van der Waals surface area contributed by atoms with Crippen LogP contribution < -0.4 is 0 Å². The Hall–Kier alpha value is -0.560. The fourth-order valence-corrected chi connectivity index (χ4v) is 0.313. The van der Waals surface area contributed by atoms with Crippen molar-refractivity contribution in [2.24, 2.45) is 0 Å². The van der Waals surface area contributed by atoms with Gasteiger partial charge >= 0.3 is 0 Å². The summed E-state index contributed by atoms with van der Waals surface area (Å²) in [5.41, 5.74) is 0. The maximum atomic E-state index is 5.00. The molecule has 0 saturated heterocycles. The van der Waals surface area contributed by atoms with Crippen LogP contribution >= 0.6 is 11.6 Å². The molecular weight excluding hydrogens is 170 g/mol. The first-order valence-corrected chi connectivity index (χ1v) is 4.77. The van der Waals surface area contributed by atoms with Crippen molar-refractivity contribution in [3.8, 4) is 0 Å². The van der Waals surface area contributed by atoms with Crippen molar-refractivity contribution in [2.45, 2.75) is 27.2 Å². The minimum Gasteiger partial charge on any atom is -0.265 e. The van der Waals surface area contributed by atoms with E-state index in [1.165, 1.54) is 6.42 Å².